The molecule has 0 saturated carbocycles. The molecule has 104 valence electrons. The van der Waals surface area contributed by atoms with Crippen molar-refractivity contribution >= 4 is 11.0 Å². The van der Waals surface area contributed by atoms with Crippen LogP contribution in [-0.2, 0) is 0 Å². The molecule has 0 amide bonds. The fourth-order valence-electron chi connectivity index (χ4n) is 1.99. The van der Waals surface area contributed by atoms with E-state index in [2.05, 4.69) is 10.1 Å². The van der Waals surface area contributed by atoms with Crippen molar-refractivity contribution in [1.29, 1.82) is 0 Å². The number of hydrogen-bond acceptors (Lipinski definition) is 5. The summed E-state index contributed by atoms with van der Waals surface area (Å²) in [6, 6.07) is 7.44. The molecule has 5 nitrogen and oxygen atoms in total. The lowest BCUT2D eigenvalue weighted by molar-refractivity contribution is 0.253. The molecule has 1 atom stereocenters. The van der Waals surface area contributed by atoms with E-state index in [0.29, 0.717) is 11.7 Å². The average Bonchev–Trinajstić information content (AvgIpc) is 3.02. The number of furan rings is 1. The van der Waals surface area contributed by atoms with E-state index in [-0.39, 0.29) is 11.5 Å². The van der Waals surface area contributed by atoms with Crippen molar-refractivity contribution in [3.8, 4) is 11.4 Å². The number of fused-ring (bicyclic) bond motifs is 1. The highest BCUT2D eigenvalue weighted by atomic mass is 16.5. The number of para-hydroxylation sites is 1. The molecule has 5 heteroatoms. The maximum Gasteiger partial charge on any atom is 0.244 e. The van der Waals surface area contributed by atoms with Crippen molar-refractivity contribution in [2.24, 2.45) is 11.1 Å². The molecule has 0 aliphatic heterocycles. The van der Waals surface area contributed by atoms with Gasteiger partial charge in [-0.05, 0) is 11.5 Å². The van der Waals surface area contributed by atoms with E-state index in [1.807, 2.05) is 45.0 Å². The molecule has 20 heavy (non-hydrogen) atoms. The van der Waals surface area contributed by atoms with Crippen molar-refractivity contribution in [1.82, 2.24) is 10.1 Å². The number of aromatic nitrogens is 2. The topological polar surface area (TPSA) is 78.1 Å². The minimum absolute atomic E-state index is 0.137. The van der Waals surface area contributed by atoms with Crippen LogP contribution in [0.5, 0.6) is 0 Å². The van der Waals surface area contributed by atoms with Crippen molar-refractivity contribution in [2.75, 3.05) is 0 Å². The summed E-state index contributed by atoms with van der Waals surface area (Å²) in [5, 5.41) is 4.98. The maximum atomic E-state index is 6.13. The SMILES string of the molecule is CC(C)(C)[C@H](N)c1nc(-c2coc3ccccc23)no1. The van der Waals surface area contributed by atoms with Crippen LogP contribution in [0.4, 0.5) is 0 Å². The molecule has 0 fully saturated rings. The van der Waals surface area contributed by atoms with Crippen LogP contribution in [0.15, 0.2) is 39.5 Å². The molecule has 1 aromatic carbocycles. The molecule has 0 saturated heterocycles. The third-order valence-corrected chi connectivity index (χ3v) is 3.36. The molecular formula is C15H17N3O2. The zero-order valence-corrected chi connectivity index (χ0v) is 11.8. The third-order valence-electron chi connectivity index (χ3n) is 3.36. The lowest BCUT2D eigenvalue weighted by atomic mass is 9.87. The van der Waals surface area contributed by atoms with Crippen molar-refractivity contribution in [3.63, 3.8) is 0 Å². The summed E-state index contributed by atoms with van der Waals surface area (Å²) in [5.41, 5.74) is 7.61. The Morgan fingerprint density at radius 2 is 1.95 bits per heavy atom. The van der Waals surface area contributed by atoms with Crippen LogP contribution in [0.3, 0.4) is 0 Å². The van der Waals surface area contributed by atoms with Crippen LogP contribution in [0, 0.1) is 5.41 Å². The molecule has 2 aromatic heterocycles. The Labute approximate surface area is 116 Å². The smallest absolute Gasteiger partial charge is 0.244 e. The van der Waals surface area contributed by atoms with E-state index in [1.165, 1.54) is 0 Å². The minimum Gasteiger partial charge on any atom is -0.464 e. The summed E-state index contributed by atoms with van der Waals surface area (Å²) in [7, 11) is 0. The summed E-state index contributed by atoms with van der Waals surface area (Å²) < 4.78 is 10.8. The van der Waals surface area contributed by atoms with Crippen LogP contribution in [-0.4, -0.2) is 10.1 Å². The predicted molar refractivity (Wildman–Crippen MR) is 75.9 cm³/mol. The van der Waals surface area contributed by atoms with E-state index in [9.17, 15) is 0 Å². The van der Waals surface area contributed by atoms with Gasteiger partial charge in [-0.15, -0.1) is 0 Å². The van der Waals surface area contributed by atoms with E-state index in [1.54, 1.807) is 6.26 Å². The highest BCUT2D eigenvalue weighted by Crippen LogP contribution is 2.32. The van der Waals surface area contributed by atoms with Gasteiger partial charge in [0.2, 0.25) is 11.7 Å². The predicted octanol–water partition coefficient (Wildman–Crippen LogP) is 3.53. The fraction of sp³-hybridized carbons (Fsp3) is 0.333. The second-order valence-electron chi connectivity index (χ2n) is 5.95. The molecule has 3 rings (SSSR count). The van der Waals surface area contributed by atoms with Crippen LogP contribution < -0.4 is 5.73 Å². The van der Waals surface area contributed by atoms with Gasteiger partial charge in [0.15, 0.2) is 0 Å². The monoisotopic (exact) mass is 271 g/mol. The number of hydrogen-bond donors (Lipinski definition) is 1. The number of nitrogens with two attached hydrogens (primary N) is 1. The molecule has 0 spiro atoms. The van der Waals surface area contributed by atoms with Crippen LogP contribution in [0.1, 0.15) is 32.7 Å². The molecule has 0 aliphatic rings. The summed E-state index contributed by atoms with van der Waals surface area (Å²) in [6.45, 7) is 6.11. The zero-order chi connectivity index (χ0) is 14.3. The zero-order valence-electron chi connectivity index (χ0n) is 11.8. The second-order valence-corrected chi connectivity index (χ2v) is 5.95. The Bertz CT molecular complexity index is 737. The van der Waals surface area contributed by atoms with Gasteiger partial charge in [0.25, 0.3) is 0 Å². The highest BCUT2D eigenvalue weighted by Gasteiger charge is 2.28. The van der Waals surface area contributed by atoms with Gasteiger partial charge in [-0.3, -0.25) is 0 Å². The Hall–Kier alpha value is -2.14. The lowest BCUT2D eigenvalue weighted by Crippen LogP contribution is -2.26. The first kappa shape index (κ1) is 12.9. The van der Waals surface area contributed by atoms with E-state index >= 15 is 0 Å². The van der Waals surface area contributed by atoms with Gasteiger partial charge in [-0.1, -0.05) is 44.1 Å². The quantitative estimate of drug-likeness (QED) is 0.771. The van der Waals surface area contributed by atoms with Crippen molar-refractivity contribution in [2.45, 2.75) is 26.8 Å². The van der Waals surface area contributed by atoms with Gasteiger partial charge in [0.05, 0.1) is 11.6 Å². The first-order valence-electron chi connectivity index (χ1n) is 6.52. The number of nitrogens with zero attached hydrogens (tertiary/aromatic N) is 2. The van der Waals surface area contributed by atoms with Gasteiger partial charge in [-0.25, -0.2) is 0 Å². The Morgan fingerprint density at radius 1 is 1.20 bits per heavy atom. The van der Waals surface area contributed by atoms with Gasteiger partial charge in [-0.2, -0.15) is 4.98 Å². The molecule has 0 aliphatic carbocycles. The second kappa shape index (κ2) is 4.45. The molecule has 0 bridgehead atoms. The first-order chi connectivity index (χ1) is 9.47. The van der Waals surface area contributed by atoms with Crippen molar-refractivity contribution in [3.05, 3.63) is 36.4 Å². The van der Waals surface area contributed by atoms with Crippen LogP contribution in [0.2, 0.25) is 0 Å². The standard InChI is InChI=1S/C15H17N3O2/c1-15(2,3)12(16)14-17-13(18-20-14)10-8-19-11-7-5-4-6-9(10)11/h4-8,12H,16H2,1-3H3/t12-/m1/s1. The van der Waals surface area contributed by atoms with Gasteiger partial charge < -0.3 is 14.7 Å². The summed E-state index contributed by atoms with van der Waals surface area (Å²) in [4.78, 5) is 4.41. The number of benzene rings is 1. The summed E-state index contributed by atoms with van der Waals surface area (Å²) in [6.07, 6.45) is 1.64. The van der Waals surface area contributed by atoms with Gasteiger partial charge in [0.1, 0.15) is 11.8 Å². The minimum atomic E-state index is -0.304. The van der Waals surface area contributed by atoms with Gasteiger partial charge >= 0.3 is 0 Å². The summed E-state index contributed by atoms with van der Waals surface area (Å²) >= 11 is 0. The average molecular weight is 271 g/mol. The Morgan fingerprint density at radius 3 is 2.70 bits per heavy atom. The molecule has 2 N–H and O–H groups in total. The first-order valence-corrected chi connectivity index (χ1v) is 6.52. The summed E-state index contributed by atoms with van der Waals surface area (Å²) in [5.74, 6) is 0.947. The van der Waals surface area contributed by atoms with E-state index in [0.717, 1.165) is 16.5 Å². The molecule has 2 heterocycles. The fourth-order valence-corrected chi connectivity index (χ4v) is 1.99. The number of rotatable bonds is 2. The largest absolute Gasteiger partial charge is 0.464 e. The Balaban J connectivity index is 2.02. The third kappa shape index (κ3) is 2.10. The van der Waals surface area contributed by atoms with Gasteiger partial charge in [0, 0.05) is 5.39 Å². The van der Waals surface area contributed by atoms with E-state index < -0.39 is 0 Å². The Kier molecular flexibility index (Phi) is 2.87. The molecule has 0 unspecified atom stereocenters. The van der Waals surface area contributed by atoms with Crippen molar-refractivity contribution < 1.29 is 8.94 Å². The normalized spacial score (nSPS) is 13.8. The van der Waals surface area contributed by atoms with Crippen LogP contribution >= 0.6 is 0 Å². The highest BCUT2D eigenvalue weighted by molar-refractivity contribution is 5.91. The van der Waals surface area contributed by atoms with E-state index in [4.69, 9.17) is 14.7 Å². The molecular weight excluding hydrogens is 254 g/mol. The lowest BCUT2D eigenvalue weighted by Gasteiger charge is -2.23. The van der Waals surface area contributed by atoms with Crippen LogP contribution in [0.25, 0.3) is 22.4 Å². The molecule has 3 aromatic rings. The molecule has 0 radical (unpaired) electrons. The maximum absolute atomic E-state index is 6.13.